The predicted molar refractivity (Wildman–Crippen MR) is 110 cm³/mol. The molecular formula is C23H28O2S. The summed E-state index contributed by atoms with van der Waals surface area (Å²) in [7, 11) is 1.69. The van der Waals surface area contributed by atoms with E-state index in [0.29, 0.717) is 12.2 Å². The van der Waals surface area contributed by atoms with Gasteiger partial charge in [-0.15, -0.1) is 11.3 Å². The van der Waals surface area contributed by atoms with Crippen LogP contribution in [0, 0.1) is 0 Å². The Morgan fingerprint density at radius 1 is 1.19 bits per heavy atom. The molecule has 0 N–H and O–H groups in total. The molecule has 2 aromatic rings. The number of ether oxygens (including phenoxy) is 1. The minimum absolute atomic E-state index is 0.0232. The maximum atomic E-state index is 12.8. The highest BCUT2D eigenvalue weighted by molar-refractivity contribution is 7.11. The number of methoxy groups -OCH3 is 1. The van der Waals surface area contributed by atoms with E-state index in [4.69, 9.17) is 4.74 Å². The molecular weight excluding hydrogens is 340 g/mol. The van der Waals surface area contributed by atoms with Crippen molar-refractivity contribution in [1.82, 2.24) is 0 Å². The summed E-state index contributed by atoms with van der Waals surface area (Å²) in [5, 5.41) is 2.14. The molecule has 2 nitrogen and oxygen atoms in total. The minimum Gasteiger partial charge on any atom is -0.497 e. The van der Waals surface area contributed by atoms with Crippen LogP contribution in [-0.2, 0) is 10.2 Å². The zero-order valence-corrected chi connectivity index (χ0v) is 17.0. The molecule has 1 aliphatic carbocycles. The molecule has 0 amide bonds. The number of allylic oxidation sites excluding steroid dienone is 1. The van der Waals surface area contributed by atoms with Gasteiger partial charge in [-0.2, -0.15) is 0 Å². The number of thiophene rings is 1. The van der Waals surface area contributed by atoms with Gasteiger partial charge in [-0.3, -0.25) is 4.79 Å². The van der Waals surface area contributed by atoms with E-state index < -0.39 is 0 Å². The van der Waals surface area contributed by atoms with Crippen molar-refractivity contribution >= 4 is 23.2 Å². The van der Waals surface area contributed by atoms with E-state index in [9.17, 15) is 4.79 Å². The highest BCUT2D eigenvalue weighted by atomic mass is 32.1. The number of ketones is 1. The summed E-state index contributed by atoms with van der Waals surface area (Å²) in [4.78, 5) is 14.1. The van der Waals surface area contributed by atoms with Gasteiger partial charge in [0.2, 0.25) is 0 Å². The highest BCUT2D eigenvalue weighted by Gasteiger charge is 2.35. The maximum Gasteiger partial charge on any atom is 0.159 e. The number of carbonyl (C=O) groups is 1. The van der Waals surface area contributed by atoms with E-state index >= 15 is 0 Å². The lowest BCUT2D eigenvalue weighted by molar-refractivity contribution is -0.115. The number of hydrogen-bond acceptors (Lipinski definition) is 3. The molecule has 26 heavy (non-hydrogen) atoms. The Morgan fingerprint density at radius 2 is 1.92 bits per heavy atom. The second-order valence-corrected chi connectivity index (χ2v) is 8.68. The standard InChI is InChI=1S/C23H28O2S/c1-5-6-7-21(24)19-14-22-18(12-13-26-22)20(19)15-23(2,3)16-8-10-17(25-4)11-9-16/h8-14,20H,5-7,15H2,1-4H3. The molecule has 0 radical (unpaired) electrons. The average Bonchev–Trinajstić information content (AvgIpc) is 3.22. The molecule has 1 aromatic heterocycles. The van der Waals surface area contributed by atoms with Crippen LogP contribution in [0.25, 0.3) is 6.08 Å². The van der Waals surface area contributed by atoms with Crippen LogP contribution in [-0.4, -0.2) is 12.9 Å². The Morgan fingerprint density at radius 3 is 2.58 bits per heavy atom. The van der Waals surface area contributed by atoms with Gasteiger partial charge in [-0.25, -0.2) is 0 Å². The van der Waals surface area contributed by atoms with Crippen molar-refractivity contribution in [3.05, 3.63) is 57.3 Å². The summed E-state index contributed by atoms with van der Waals surface area (Å²) < 4.78 is 5.28. The van der Waals surface area contributed by atoms with Gasteiger partial charge in [-0.05, 0) is 59.0 Å². The molecule has 0 bridgehead atoms. The van der Waals surface area contributed by atoms with Crippen LogP contribution in [0.4, 0.5) is 0 Å². The number of fused-ring (bicyclic) bond motifs is 1. The van der Waals surface area contributed by atoms with Gasteiger partial charge >= 0.3 is 0 Å². The Kier molecular flexibility index (Phi) is 5.67. The van der Waals surface area contributed by atoms with Gasteiger partial charge in [0, 0.05) is 22.8 Å². The molecule has 1 aliphatic rings. The molecule has 3 rings (SSSR count). The SMILES string of the molecule is CCCCC(=O)C1=Cc2sccc2C1CC(C)(C)c1ccc(OC)cc1. The van der Waals surface area contributed by atoms with Crippen molar-refractivity contribution in [1.29, 1.82) is 0 Å². The molecule has 138 valence electrons. The van der Waals surface area contributed by atoms with Gasteiger partial charge in [0.1, 0.15) is 5.75 Å². The van der Waals surface area contributed by atoms with Gasteiger partial charge in [0.15, 0.2) is 5.78 Å². The molecule has 0 aliphatic heterocycles. The zero-order valence-electron chi connectivity index (χ0n) is 16.2. The third-order valence-corrected chi connectivity index (χ3v) is 6.31. The van der Waals surface area contributed by atoms with Crippen LogP contribution in [0.5, 0.6) is 5.75 Å². The normalized spacial score (nSPS) is 16.3. The van der Waals surface area contributed by atoms with Crippen molar-refractivity contribution in [2.75, 3.05) is 7.11 Å². The zero-order chi connectivity index (χ0) is 18.7. The fraction of sp³-hybridized carbons (Fsp3) is 0.435. The van der Waals surface area contributed by atoms with Crippen molar-refractivity contribution < 1.29 is 9.53 Å². The maximum absolute atomic E-state index is 12.8. The Balaban J connectivity index is 1.85. The predicted octanol–water partition coefficient (Wildman–Crippen LogP) is 6.36. The van der Waals surface area contributed by atoms with Crippen LogP contribution in [0.3, 0.4) is 0 Å². The van der Waals surface area contributed by atoms with Crippen LogP contribution in [0.15, 0.2) is 41.3 Å². The summed E-state index contributed by atoms with van der Waals surface area (Å²) in [5.74, 6) is 1.41. The van der Waals surface area contributed by atoms with Gasteiger partial charge < -0.3 is 4.74 Å². The van der Waals surface area contributed by atoms with Gasteiger partial charge in [-0.1, -0.05) is 39.3 Å². The van der Waals surface area contributed by atoms with E-state index in [1.165, 1.54) is 16.0 Å². The second-order valence-electron chi connectivity index (χ2n) is 7.74. The number of carbonyl (C=O) groups excluding carboxylic acids is 1. The topological polar surface area (TPSA) is 26.3 Å². The lowest BCUT2D eigenvalue weighted by Crippen LogP contribution is -2.22. The number of benzene rings is 1. The monoisotopic (exact) mass is 368 g/mol. The number of Topliss-reactive ketones (excluding diaryl/α,β-unsaturated/α-hetero) is 1. The lowest BCUT2D eigenvalue weighted by atomic mass is 9.73. The number of hydrogen-bond donors (Lipinski definition) is 0. The van der Waals surface area contributed by atoms with E-state index in [1.807, 2.05) is 12.1 Å². The Bertz CT molecular complexity index is 796. The third kappa shape index (κ3) is 3.78. The first-order valence-corrected chi connectivity index (χ1v) is 10.3. The van der Waals surface area contributed by atoms with E-state index in [-0.39, 0.29) is 11.3 Å². The van der Waals surface area contributed by atoms with Crippen molar-refractivity contribution in [2.45, 2.75) is 57.8 Å². The quantitative estimate of drug-likeness (QED) is 0.541. The number of unbranched alkanes of at least 4 members (excludes halogenated alkanes) is 1. The summed E-state index contributed by atoms with van der Waals surface area (Å²) in [5.41, 5.74) is 3.60. The first kappa shape index (κ1) is 18.9. The molecule has 1 atom stereocenters. The van der Waals surface area contributed by atoms with E-state index in [0.717, 1.165) is 30.6 Å². The molecule has 1 aromatic carbocycles. The molecule has 0 saturated heterocycles. The summed E-state index contributed by atoms with van der Waals surface area (Å²) in [6.07, 6.45) is 5.78. The smallest absolute Gasteiger partial charge is 0.159 e. The fourth-order valence-corrected chi connectivity index (χ4v) is 4.69. The van der Waals surface area contributed by atoms with Gasteiger partial charge in [0.05, 0.1) is 7.11 Å². The van der Waals surface area contributed by atoms with Crippen LogP contribution >= 0.6 is 11.3 Å². The Labute approximate surface area is 160 Å². The van der Waals surface area contributed by atoms with Crippen LogP contribution < -0.4 is 4.74 Å². The van der Waals surface area contributed by atoms with E-state index in [1.54, 1.807) is 18.4 Å². The second kappa shape index (κ2) is 7.79. The first-order chi connectivity index (χ1) is 12.5. The number of rotatable bonds is 8. The average molecular weight is 369 g/mol. The summed E-state index contributed by atoms with van der Waals surface area (Å²) in [6, 6.07) is 10.5. The van der Waals surface area contributed by atoms with Crippen molar-refractivity contribution in [3.8, 4) is 5.75 Å². The third-order valence-electron chi connectivity index (χ3n) is 5.43. The highest BCUT2D eigenvalue weighted by Crippen LogP contribution is 2.47. The molecule has 0 fully saturated rings. The minimum atomic E-state index is -0.0232. The Hall–Kier alpha value is -1.87. The summed E-state index contributed by atoms with van der Waals surface area (Å²) in [6.45, 7) is 6.68. The molecule has 0 spiro atoms. The van der Waals surface area contributed by atoms with E-state index in [2.05, 4.69) is 50.4 Å². The largest absolute Gasteiger partial charge is 0.497 e. The first-order valence-electron chi connectivity index (χ1n) is 9.43. The summed E-state index contributed by atoms with van der Waals surface area (Å²) >= 11 is 1.74. The van der Waals surface area contributed by atoms with Crippen LogP contribution in [0.2, 0.25) is 0 Å². The molecule has 0 saturated carbocycles. The van der Waals surface area contributed by atoms with Crippen LogP contribution in [0.1, 0.15) is 68.4 Å². The van der Waals surface area contributed by atoms with Gasteiger partial charge in [0.25, 0.3) is 0 Å². The lowest BCUT2D eigenvalue weighted by Gasteiger charge is -2.30. The van der Waals surface area contributed by atoms with Crippen molar-refractivity contribution in [2.24, 2.45) is 0 Å². The fourth-order valence-electron chi connectivity index (χ4n) is 3.79. The molecule has 3 heteroatoms. The van der Waals surface area contributed by atoms with Crippen molar-refractivity contribution in [3.63, 3.8) is 0 Å². The molecule has 1 heterocycles. The molecule has 1 unspecified atom stereocenters.